The van der Waals surface area contributed by atoms with Gasteiger partial charge in [0.1, 0.15) is 0 Å². The largest absolute Gasteiger partial charge is 0.469 e. The van der Waals surface area contributed by atoms with Gasteiger partial charge in [-0.2, -0.15) is 13.2 Å². The van der Waals surface area contributed by atoms with E-state index >= 15 is 0 Å². The smallest absolute Gasteiger partial charge is 0.416 e. The number of alkyl halides is 3. The molecule has 0 radical (unpaired) electrons. The van der Waals surface area contributed by atoms with Crippen LogP contribution in [0.25, 0.3) is 0 Å². The maximum absolute atomic E-state index is 12.6. The molecule has 1 aliphatic rings. The van der Waals surface area contributed by atoms with Gasteiger partial charge in [-0.05, 0) is 29.7 Å². The first-order valence-electron chi connectivity index (χ1n) is 5.38. The molecule has 3 nitrogen and oxygen atoms in total. The molecule has 0 spiro atoms. The number of carbonyl (C=O) groups is 1. The first-order chi connectivity index (χ1) is 8.34. The molecular weight excluding hydrogens is 247 g/mol. The number of hydrogen-bond acceptors (Lipinski definition) is 3. The van der Waals surface area contributed by atoms with E-state index in [-0.39, 0.29) is 0 Å². The lowest BCUT2D eigenvalue weighted by atomic mass is 10.0. The van der Waals surface area contributed by atoms with E-state index in [2.05, 4.69) is 4.74 Å². The Labute approximate surface area is 102 Å². The van der Waals surface area contributed by atoms with Crippen molar-refractivity contribution < 1.29 is 22.7 Å². The van der Waals surface area contributed by atoms with E-state index in [0.29, 0.717) is 17.5 Å². The molecule has 0 amide bonds. The third kappa shape index (κ3) is 2.08. The highest BCUT2D eigenvalue weighted by molar-refractivity contribution is 5.75. The number of carbonyl (C=O) groups excluding carboxylic acids is 1. The van der Waals surface area contributed by atoms with Gasteiger partial charge in [0.15, 0.2) is 0 Å². The van der Waals surface area contributed by atoms with Gasteiger partial charge in [-0.15, -0.1) is 0 Å². The Balaban J connectivity index is 2.36. The van der Waals surface area contributed by atoms with Crippen LogP contribution >= 0.6 is 0 Å². The fraction of sp³-hybridized carbons (Fsp3) is 0.417. The highest BCUT2D eigenvalue weighted by Gasteiger charge is 2.38. The Hall–Kier alpha value is -1.56. The van der Waals surface area contributed by atoms with Gasteiger partial charge in [0.25, 0.3) is 0 Å². The highest BCUT2D eigenvalue weighted by Crippen LogP contribution is 2.39. The van der Waals surface area contributed by atoms with E-state index in [9.17, 15) is 18.0 Å². The zero-order valence-electron chi connectivity index (χ0n) is 9.62. The fourth-order valence-electron chi connectivity index (χ4n) is 2.23. The number of benzene rings is 1. The Morgan fingerprint density at radius 3 is 2.67 bits per heavy atom. The second-order valence-corrected chi connectivity index (χ2v) is 4.27. The van der Waals surface area contributed by atoms with Crippen molar-refractivity contribution >= 4 is 5.97 Å². The van der Waals surface area contributed by atoms with Crippen LogP contribution in [-0.2, 0) is 22.1 Å². The third-order valence-corrected chi connectivity index (χ3v) is 3.21. The average Bonchev–Trinajstić information content (AvgIpc) is 2.64. The van der Waals surface area contributed by atoms with Crippen LogP contribution in [0.5, 0.6) is 0 Å². The van der Waals surface area contributed by atoms with E-state index in [4.69, 9.17) is 5.73 Å². The predicted molar refractivity (Wildman–Crippen MR) is 57.6 cm³/mol. The van der Waals surface area contributed by atoms with Crippen LogP contribution in [0.3, 0.4) is 0 Å². The van der Waals surface area contributed by atoms with E-state index in [1.165, 1.54) is 13.2 Å². The summed E-state index contributed by atoms with van der Waals surface area (Å²) in [5.74, 6) is -1.10. The molecule has 0 fully saturated rings. The lowest BCUT2D eigenvalue weighted by Crippen LogP contribution is -2.26. The zero-order valence-corrected chi connectivity index (χ0v) is 9.62. The first-order valence-corrected chi connectivity index (χ1v) is 5.38. The number of fused-ring (bicyclic) bond motifs is 1. The molecular formula is C12H12F3NO2. The topological polar surface area (TPSA) is 52.3 Å². The van der Waals surface area contributed by atoms with E-state index in [1.54, 1.807) is 0 Å². The Kier molecular flexibility index (Phi) is 3.06. The van der Waals surface area contributed by atoms with Gasteiger partial charge in [0.2, 0.25) is 0 Å². The van der Waals surface area contributed by atoms with Crippen LogP contribution in [0.4, 0.5) is 13.2 Å². The molecule has 18 heavy (non-hydrogen) atoms. The van der Waals surface area contributed by atoms with Gasteiger partial charge in [0.05, 0.1) is 18.6 Å². The van der Waals surface area contributed by atoms with E-state index in [1.807, 2.05) is 0 Å². The van der Waals surface area contributed by atoms with E-state index in [0.717, 1.165) is 12.1 Å². The predicted octanol–water partition coefficient (Wildman–Crippen LogP) is 2.05. The van der Waals surface area contributed by atoms with Crippen molar-refractivity contribution in [2.24, 2.45) is 11.7 Å². The molecule has 1 aliphatic carbocycles. The second-order valence-electron chi connectivity index (χ2n) is 4.27. The fourth-order valence-corrected chi connectivity index (χ4v) is 2.23. The zero-order chi connectivity index (χ0) is 13.5. The summed E-state index contributed by atoms with van der Waals surface area (Å²) in [5, 5.41) is 0. The number of nitrogens with two attached hydrogens (primary N) is 1. The number of ether oxygens (including phenoxy) is 1. The van der Waals surface area contributed by atoms with Gasteiger partial charge < -0.3 is 10.5 Å². The molecule has 0 aromatic heterocycles. The number of methoxy groups -OCH3 is 1. The van der Waals surface area contributed by atoms with Crippen molar-refractivity contribution in [1.82, 2.24) is 0 Å². The van der Waals surface area contributed by atoms with Crippen LogP contribution in [-0.4, -0.2) is 13.1 Å². The SMILES string of the molecule is COC(=O)C1Cc2ccc(C(F)(F)F)cc2C1N. The van der Waals surface area contributed by atoms with Crippen LogP contribution in [0, 0.1) is 5.92 Å². The molecule has 6 heteroatoms. The van der Waals surface area contributed by atoms with Crippen LogP contribution < -0.4 is 5.73 Å². The second kappa shape index (κ2) is 4.28. The molecule has 1 aromatic carbocycles. The maximum atomic E-state index is 12.6. The Morgan fingerprint density at radius 1 is 1.44 bits per heavy atom. The average molecular weight is 259 g/mol. The molecule has 2 atom stereocenters. The quantitative estimate of drug-likeness (QED) is 0.785. The maximum Gasteiger partial charge on any atom is 0.416 e. The van der Waals surface area contributed by atoms with Crippen LogP contribution in [0.1, 0.15) is 22.7 Å². The number of hydrogen-bond donors (Lipinski definition) is 1. The summed E-state index contributed by atoms with van der Waals surface area (Å²) in [6.45, 7) is 0. The number of esters is 1. The Morgan fingerprint density at radius 2 is 2.11 bits per heavy atom. The minimum atomic E-state index is -4.40. The molecule has 2 N–H and O–H groups in total. The van der Waals surface area contributed by atoms with Crippen molar-refractivity contribution in [3.63, 3.8) is 0 Å². The summed E-state index contributed by atoms with van der Waals surface area (Å²) in [7, 11) is 1.24. The molecule has 98 valence electrons. The number of rotatable bonds is 1. The summed E-state index contributed by atoms with van der Waals surface area (Å²) in [5.41, 5.74) is 6.11. The minimum absolute atomic E-state index is 0.321. The first kappa shape index (κ1) is 12.9. The Bertz CT molecular complexity index is 485. The van der Waals surface area contributed by atoms with Crippen molar-refractivity contribution in [2.75, 3.05) is 7.11 Å². The lowest BCUT2D eigenvalue weighted by Gasteiger charge is -2.14. The number of halogens is 3. The summed E-state index contributed by atoms with van der Waals surface area (Å²) >= 11 is 0. The summed E-state index contributed by atoms with van der Waals surface area (Å²) in [4.78, 5) is 11.5. The van der Waals surface area contributed by atoms with Gasteiger partial charge in [0, 0.05) is 6.04 Å². The molecule has 0 saturated heterocycles. The molecule has 1 aromatic rings. The highest BCUT2D eigenvalue weighted by atomic mass is 19.4. The lowest BCUT2D eigenvalue weighted by molar-refractivity contribution is -0.145. The van der Waals surface area contributed by atoms with Crippen LogP contribution in [0.15, 0.2) is 18.2 Å². The van der Waals surface area contributed by atoms with E-state index < -0.39 is 29.7 Å². The van der Waals surface area contributed by atoms with Crippen molar-refractivity contribution in [3.8, 4) is 0 Å². The van der Waals surface area contributed by atoms with Crippen molar-refractivity contribution in [2.45, 2.75) is 18.6 Å². The summed E-state index contributed by atoms with van der Waals surface area (Å²) < 4.78 is 42.3. The van der Waals surface area contributed by atoms with Gasteiger partial charge in [-0.1, -0.05) is 6.07 Å². The normalized spacial score (nSPS) is 22.7. The van der Waals surface area contributed by atoms with Crippen LogP contribution in [0.2, 0.25) is 0 Å². The molecule has 0 heterocycles. The summed E-state index contributed by atoms with van der Waals surface area (Å²) in [6.07, 6.45) is -4.08. The molecule has 2 unspecified atom stereocenters. The van der Waals surface area contributed by atoms with Gasteiger partial charge >= 0.3 is 12.1 Å². The third-order valence-electron chi connectivity index (χ3n) is 3.21. The van der Waals surface area contributed by atoms with Gasteiger partial charge in [-0.3, -0.25) is 4.79 Å². The summed E-state index contributed by atoms with van der Waals surface area (Å²) in [6, 6.07) is 2.66. The molecule has 0 saturated carbocycles. The molecule has 0 aliphatic heterocycles. The minimum Gasteiger partial charge on any atom is -0.469 e. The molecule has 2 rings (SSSR count). The van der Waals surface area contributed by atoms with Crippen molar-refractivity contribution in [1.29, 1.82) is 0 Å². The monoisotopic (exact) mass is 259 g/mol. The van der Waals surface area contributed by atoms with Crippen molar-refractivity contribution in [3.05, 3.63) is 34.9 Å². The molecule has 0 bridgehead atoms. The standard InChI is InChI=1S/C12H12F3NO2/c1-18-11(17)9-4-6-2-3-7(12(13,14)15)5-8(6)10(9)16/h2-3,5,9-10H,4,16H2,1H3. The van der Waals surface area contributed by atoms with Gasteiger partial charge in [-0.25, -0.2) is 0 Å².